The van der Waals surface area contributed by atoms with Gasteiger partial charge in [-0.1, -0.05) is 47.6 Å². The van der Waals surface area contributed by atoms with E-state index in [1.807, 2.05) is 0 Å². The van der Waals surface area contributed by atoms with Crippen molar-refractivity contribution >= 4 is 18.4 Å². The standard InChI is InChI=1S/C17H14F3NO2.CHNO/c1-12(14-8-5-9-15(10-14)17(18,19)20)21-23-16(11-22)13-6-3-2-4-7-13;1-2-3-1/h2-11,16H,1H3;1H. The van der Waals surface area contributed by atoms with Crippen molar-refractivity contribution in [2.45, 2.75) is 19.2 Å². The van der Waals surface area contributed by atoms with Gasteiger partial charge in [0.05, 0.1) is 11.3 Å². The summed E-state index contributed by atoms with van der Waals surface area (Å²) in [5.41, 5.74) is 0.374. The summed E-state index contributed by atoms with van der Waals surface area (Å²) in [6.07, 6.45) is -3.37. The van der Waals surface area contributed by atoms with E-state index in [-0.39, 0.29) is 11.3 Å². The van der Waals surface area contributed by atoms with Crippen LogP contribution < -0.4 is 0 Å². The minimum absolute atomic E-state index is 0.249. The van der Waals surface area contributed by atoms with Gasteiger partial charge in [0.25, 0.3) is 0 Å². The predicted octanol–water partition coefficient (Wildman–Crippen LogP) is 4.35. The quantitative estimate of drug-likeness (QED) is 0.450. The number of hydrogen-bond donors (Lipinski definition) is 0. The molecule has 136 valence electrons. The summed E-state index contributed by atoms with van der Waals surface area (Å²) in [5.74, 6) is 0. The molecule has 2 aromatic rings. The third kappa shape index (κ3) is 6.04. The molecule has 0 fully saturated rings. The molecule has 0 amide bonds. The molecule has 1 aliphatic rings. The van der Waals surface area contributed by atoms with E-state index in [4.69, 9.17) is 4.84 Å². The largest absolute Gasteiger partial charge is 0.416 e. The van der Waals surface area contributed by atoms with Gasteiger partial charge < -0.3 is 9.68 Å². The van der Waals surface area contributed by atoms with Crippen LogP contribution in [0.2, 0.25) is 0 Å². The van der Waals surface area contributed by atoms with Gasteiger partial charge in [0.2, 0.25) is 12.5 Å². The number of hydrogen-bond acceptors (Lipinski definition) is 5. The second-order valence-corrected chi connectivity index (χ2v) is 5.14. The van der Waals surface area contributed by atoms with Crippen LogP contribution in [0.1, 0.15) is 29.7 Å². The van der Waals surface area contributed by atoms with E-state index in [1.165, 1.54) is 25.5 Å². The number of oxime groups is 2. The van der Waals surface area contributed by atoms with E-state index in [0.29, 0.717) is 11.8 Å². The Kier molecular flexibility index (Phi) is 6.48. The van der Waals surface area contributed by atoms with Crippen molar-refractivity contribution in [2.24, 2.45) is 10.3 Å². The van der Waals surface area contributed by atoms with Crippen LogP contribution in [-0.2, 0) is 20.6 Å². The lowest BCUT2D eigenvalue weighted by Crippen LogP contribution is -2.08. The maximum Gasteiger partial charge on any atom is 0.416 e. The maximum atomic E-state index is 12.7. The molecule has 2 aromatic carbocycles. The molecule has 1 atom stereocenters. The predicted molar refractivity (Wildman–Crippen MR) is 89.6 cm³/mol. The Morgan fingerprint density at radius 2 is 1.85 bits per heavy atom. The first-order valence-corrected chi connectivity index (χ1v) is 7.48. The summed E-state index contributed by atoms with van der Waals surface area (Å²) in [4.78, 5) is 20.3. The van der Waals surface area contributed by atoms with Gasteiger partial charge in [0, 0.05) is 5.56 Å². The first kappa shape index (κ1) is 19.2. The highest BCUT2D eigenvalue weighted by molar-refractivity contribution is 5.98. The van der Waals surface area contributed by atoms with Crippen LogP contribution in [0.25, 0.3) is 0 Å². The van der Waals surface area contributed by atoms with Crippen molar-refractivity contribution in [2.75, 3.05) is 0 Å². The highest BCUT2D eigenvalue weighted by atomic mass is 19.4. The third-order valence-corrected chi connectivity index (χ3v) is 3.27. The summed E-state index contributed by atoms with van der Waals surface area (Å²) in [6.45, 7) is 1.52. The SMILES string of the molecule is C1=NO1.CC(=NOC(C=O)c1ccccc1)c1cccc(C(F)(F)F)c1. The summed E-state index contributed by atoms with van der Waals surface area (Å²) in [6, 6.07) is 13.5. The molecule has 1 aliphatic heterocycles. The topological polar surface area (TPSA) is 63.6 Å². The lowest BCUT2D eigenvalue weighted by molar-refractivity contribution is -0.137. The Labute approximate surface area is 147 Å². The van der Waals surface area contributed by atoms with Crippen LogP contribution in [0.5, 0.6) is 0 Å². The number of halogens is 3. The Bertz CT molecular complexity index is 786. The molecule has 0 spiro atoms. The highest BCUT2D eigenvalue weighted by Crippen LogP contribution is 2.29. The number of carbonyl (C=O) groups is 1. The zero-order valence-electron chi connectivity index (χ0n) is 13.7. The Morgan fingerprint density at radius 1 is 1.19 bits per heavy atom. The molecule has 0 N–H and O–H groups in total. The first-order valence-electron chi connectivity index (χ1n) is 7.48. The van der Waals surface area contributed by atoms with E-state index < -0.39 is 17.8 Å². The van der Waals surface area contributed by atoms with E-state index in [0.717, 1.165) is 12.1 Å². The summed E-state index contributed by atoms with van der Waals surface area (Å²) in [5, 5.41) is 6.91. The molecule has 1 unspecified atom stereocenters. The zero-order valence-corrected chi connectivity index (χ0v) is 13.7. The average molecular weight is 364 g/mol. The number of rotatable bonds is 5. The molecule has 8 heteroatoms. The molecule has 0 aromatic heterocycles. The maximum absolute atomic E-state index is 12.7. The van der Waals surface area contributed by atoms with Gasteiger partial charge in [0.15, 0.2) is 6.29 Å². The van der Waals surface area contributed by atoms with Crippen LogP contribution in [-0.4, -0.2) is 18.4 Å². The Morgan fingerprint density at radius 3 is 2.38 bits per heavy atom. The molecule has 5 nitrogen and oxygen atoms in total. The molecule has 1 heterocycles. The third-order valence-electron chi connectivity index (χ3n) is 3.27. The fraction of sp³-hybridized carbons (Fsp3) is 0.167. The molecule has 0 saturated heterocycles. The number of carbonyl (C=O) groups excluding carboxylic acids is 1. The summed E-state index contributed by atoms with van der Waals surface area (Å²) < 4.78 is 38.1. The van der Waals surface area contributed by atoms with E-state index in [1.54, 1.807) is 30.3 Å². The number of aldehydes is 1. The van der Waals surface area contributed by atoms with E-state index >= 15 is 0 Å². The number of benzene rings is 2. The van der Waals surface area contributed by atoms with Crippen LogP contribution in [0, 0.1) is 0 Å². The fourth-order valence-corrected chi connectivity index (χ4v) is 1.92. The van der Waals surface area contributed by atoms with Crippen LogP contribution in [0.15, 0.2) is 64.9 Å². The zero-order chi connectivity index (χ0) is 19.0. The lowest BCUT2D eigenvalue weighted by Gasteiger charge is -2.11. The van der Waals surface area contributed by atoms with Gasteiger partial charge in [-0.15, -0.1) is 0 Å². The summed E-state index contributed by atoms with van der Waals surface area (Å²) in [7, 11) is 0. The highest BCUT2D eigenvalue weighted by Gasteiger charge is 2.30. The van der Waals surface area contributed by atoms with E-state index in [2.05, 4.69) is 15.1 Å². The molecule has 0 bridgehead atoms. The molecule has 0 saturated carbocycles. The van der Waals surface area contributed by atoms with Gasteiger partial charge in [-0.05, 0) is 29.8 Å². The first-order chi connectivity index (χ1) is 12.4. The van der Waals surface area contributed by atoms with Crippen molar-refractivity contribution in [1.82, 2.24) is 0 Å². The van der Waals surface area contributed by atoms with Crippen LogP contribution in [0.3, 0.4) is 0 Å². The van der Waals surface area contributed by atoms with Crippen molar-refractivity contribution in [3.8, 4) is 0 Å². The van der Waals surface area contributed by atoms with Gasteiger partial charge in [-0.3, -0.25) is 4.79 Å². The van der Waals surface area contributed by atoms with E-state index in [9.17, 15) is 18.0 Å². The molecule has 3 rings (SSSR count). The van der Waals surface area contributed by atoms with Gasteiger partial charge in [-0.25, -0.2) is 0 Å². The summed E-state index contributed by atoms with van der Waals surface area (Å²) >= 11 is 0. The van der Waals surface area contributed by atoms with Gasteiger partial charge >= 0.3 is 6.18 Å². The monoisotopic (exact) mass is 364 g/mol. The fourth-order valence-electron chi connectivity index (χ4n) is 1.92. The molecule has 0 radical (unpaired) electrons. The molecular formula is C18H15F3N2O3. The van der Waals surface area contributed by atoms with Gasteiger partial charge in [0.1, 0.15) is 0 Å². The number of alkyl halides is 3. The molecule has 26 heavy (non-hydrogen) atoms. The van der Waals surface area contributed by atoms with Crippen LogP contribution >= 0.6 is 0 Å². The van der Waals surface area contributed by atoms with Crippen molar-refractivity contribution in [1.29, 1.82) is 0 Å². The smallest absolute Gasteiger partial charge is 0.380 e. The second kappa shape index (κ2) is 8.80. The molecule has 0 aliphatic carbocycles. The normalized spacial score (nSPS) is 13.8. The number of nitrogens with zero attached hydrogens (tertiary/aromatic N) is 2. The lowest BCUT2D eigenvalue weighted by atomic mass is 10.1. The van der Waals surface area contributed by atoms with Crippen molar-refractivity contribution in [3.63, 3.8) is 0 Å². The van der Waals surface area contributed by atoms with Gasteiger partial charge in [-0.2, -0.15) is 13.2 Å². The minimum Gasteiger partial charge on any atom is -0.380 e. The average Bonchev–Trinajstić information content (AvgIpc) is 3.51. The Balaban J connectivity index is 0.000000732. The minimum atomic E-state index is -4.42. The van der Waals surface area contributed by atoms with Crippen molar-refractivity contribution in [3.05, 3.63) is 71.3 Å². The van der Waals surface area contributed by atoms with Crippen LogP contribution in [0.4, 0.5) is 13.2 Å². The van der Waals surface area contributed by atoms with Crippen molar-refractivity contribution < 1.29 is 27.6 Å². The Hall–Kier alpha value is -3.16. The molecular weight excluding hydrogens is 349 g/mol. The second-order valence-electron chi connectivity index (χ2n) is 5.14.